The van der Waals surface area contributed by atoms with Gasteiger partial charge in [-0.25, -0.2) is 14.8 Å². The van der Waals surface area contributed by atoms with Crippen molar-refractivity contribution in [3.8, 4) is 0 Å². The quantitative estimate of drug-likeness (QED) is 0.649. The number of alkyl halides is 2. The molecule has 1 aromatic carbocycles. The summed E-state index contributed by atoms with van der Waals surface area (Å²) in [7, 11) is 0. The molecular formula is C11H14ClFN2O. The van der Waals surface area contributed by atoms with Crippen molar-refractivity contribution in [3.05, 3.63) is 35.9 Å². The summed E-state index contributed by atoms with van der Waals surface area (Å²) >= 11 is 5.86. The molecule has 1 heterocycles. The van der Waals surface area contributed by atoms with Gasteiger partial charge in [0.2, 0.25) is 6.36 Å². The lowest BCUT2D eigenvalue weighted by Crippen LogP contribution is -2.52. The van der Waals surface area contributed by atoms with E-state index in [1.807, 2.05) is 30.3 Å². The minimum Gasteiger partial charge on any atom is -0.345 e. The van der Waals surface area contributed by atoms with E-state index in [0.29, 0.717) is 19.7 Å². The Bertz CT molecular complexity index is 325. The molecule has 0 aromatic heterocycles. The van der Waals surface area contributed by atoms with Crippen LogP contribution in [0.5, 0.6) is 0 Å². The summed E-state index contributed by atoms with van der Waals surface area (Å²) in [6.07, 6.45) is -1.43. The van der Waals surface area contributed by atoms with Crippen LogP contribution in [-0.2, 0) is 11.3 Å². The van der Waals surface area contributed by atoms with Crippen LogP contribution in [0.15, 0.2) is 30.3 Å². The molecule has 1 fully saturated rings. The van der Waals surface area contributed by atoms with E-state index in [2.05, 4.69) is 5.43 Å². The Hall–Kier alpha value is -0.680. The first-order valence-corrected chi connectivity index (χ1v) is 5.65. The molecule has 5 heteroatoms. The summed E-state index contributed by atoms with van der Waals surface area (Å²) in [6, 6.07) is 9.90. The van der Waals surface area contributed by atoms with Crippen molar-refractivity contribution < 1.29 is 9.13 Å². The van der Waals surface area contributed by atoms with Gasteiger partial charge >= 0.3 is 0 Å². The van der Waals surface area contributed by atoms with Crippen molar-refractivity contribution in [2.45, 2.75) is 18.4 Å². The van der Waals surface area contributed by atoms with Crippen molar-refractivity contribution in [3.63, 3.8) is 0 Å². The van der Waals surface area contributed by atoms with E-state index in [1.165, 1.54) is 0 Å². The summed E-state index contributed by atoms with van der Waals surface area (Å²) in [5.41, 5.74) is 3.47. The van der Waals surface area contributed by atoms with E-state index in [9.17, 15) is 4.39 Å². The predicted octanol–water partition coefficient (Wildman–Crippen LogP) is 1.88. The van der Waals surface area contributed by atoms with Crippen LogP contribution in [0.2, 0.25) is 0 Å². The molecule has 1 saturated heterocycles. The van der Waals surface area contributed by atoms with E-state index in [0.717, 1.165) is 5.56 Å². The molecule has 1 aliphatic rings. The zero-order valence-corrected chi connectivity index (χ0v) is 9.53. The number of morpholine rings is 1. The van der Waals surface area contributed by atoms with Crippen molar-refractivity contribution in [1.82, 2.24) is 10.4 Å². The average Bonchev–Trinajstić information content (AvgIpc) is 2.32. The first kappa shape index (κ1) is 11.8. The van der Waals surface area contributed by atoms with Crippen LogP contribution in [-0.4, -0.2) is 30.0 Å². The summed E-state index contributed by atoms with van der Waals surface area (Å²) in [5, 5.41) is 1.67. The molecule has 0 aliphatic carbocycles. The zero-order chi connectivity index (χ0) is 11.4. The van der Waals surface area contributed by atoms with Gasteiger partial charge in [0.05, 0.1) is 6.61 Å². The van der Waals surface area contributed by atoms with Crippen molar-refractivity contribution in [1.29, 1.82) is 0 Å². The van der Waals surface area contributed by atoms with Crippen LogP contribution < -0.4 is 5.43 Å². The van der Waals surface area contributed by atoms with Gasteiger partial charge in [-0.15, -0.1) is 0 Å². The number of nitrogens with zero attached hydrogens (tertiary/aromatic N) is 1. The lowest BCUT2D eigenvalue weighted by atomic mass is 10.2. The third-order valence-electron chi connectivity index (χ3n) is 2.45. The monoisotopic (exact) mass is 244 g/mol. The molecule has 2 unspecified atom stereocenters. The maximum atomic E-state index is 13.1. The number of benzene rings is 1. The zero-order valence-electron chi connectivity index (χ0n) is 8.77. The topological polar surface area (TPSA) is 24.5 Å². The number of rotatable bonds is 3. The van der Waals surface area contributed by atoms with Crippen molar-refractivity contribution in [2.75, 3.05) is 13.2 Å². The van der Waals surface area contributed by atoms with Gasteiger partial charge < -0.3 is 4.74 Å². The molecule has 0 bridgehead atoms. The highest BCUT2D eigenvalue weighted by molar-refractivity contribution is 6.20. The first-order valence-electron chi connectivity index (χ1n) is 5.21. The molecule has 0 amide bonds. The molecular weight excluding hydrogens is 231 g/mol. The normalized spacial score (nSPS) is 26.9. The molecule has 0 radical (unpaired) electrons. The van der Waals surface area contributed by atoms with Gasteiger partial charge in [-0.2, -0.15) is 0 Å². The summed E-state index contributed by atoms with van der Waals surface area (Å²) in [6.45, 7) is 1.57. The third kappa shape index (κ3) is 2.92. The van der Waals surface area contributed by atoms with Gasteiger partial charge in [0.1, 0.15) is 0 Å². The highest BCUT2D eigenvalue weighted by Gasteiger charge is 2.30. The van der Waals surface area contributed by atoms with E-state index >= 15 is 0 Å². The number of hydrogen-bond acceptors (Lipinski definition) is 3. The number of hydrazine groups is 1. The second kappa shape index (κ2) is 5.59. The fourth-order valence-electron chi connectivity index (χ4n) is 1.56. The standard InChI is InChI=1S/C11H14ClFN2O/c12-10-11(13)16-7-6-15(10)14-8-9-4-2-1-3-5-9/h1-5,10-11,14H,6-8H2. The molecule has 1 aliphatic heterocycles. The predicted molar refractivity (Wildman–Crippen MR) is 60.5 cm³/mol. The van der Waals surface area contributed by atoms with Gasteiger partial charge in [0.25, 0.3) is 0 Å². The van der Waals surface area contributed by atoms with Gasteiger partial charge in [-0.3, -0.25) is 0 Å². The lowest BCUT2D eigenvalue weighted by molar-refractivity contribution is -0.126. The SMILES string of the molecule is FC1OCCN(NCc2ccccc2)C1Cl. The van der Waals surface area contributed by atoms with E-state index < -0.39 is 11.9 Å². The molecule has 3 nitrogen and oxygen atoms in total. The molecule has 2 rings (SSSR count). The highest BCUT2D eigenvalue weighted by Crippen LogP contribution is 2.16. The van der Waals surface area contributed by atoms with Crippen molar-refractivity contribution >= 4 is 11.6 Å². The van der Waals surface area contributed by atoms with E-state index in [1.54, 1.807) is 5.01 Å². The summed E-state index contributed by atoms with van der Waals surface area (Å²) in [4.78, 5) is 0. The fraction of sp³-hybridized carbons (Fsp3) is 0.455. The molecule has 1 N–H and O–H groups in total. The molecule has 2 atom stereocenters. The van der Waals surface area contributed by atoms with Gasteiger partial charge in [-0.05, 0) is 5.56 Å². The Morgan fingerprint density at radius 3 is 2.94 bits per heavy atom. The second-order valence-electron chi connectivity index (χ2n) is 3.61. The Morgan fingerprint density at radius 2 is 2.19 bits per heavy atom. The van der Waals surface area contributed by atoms with Gasteiger partial charge in [0, 0.05) is 13.1 Å². The summed E-state index contributed by atoms with van der Waals surface area (Å²) < 4.78 is 17.9. The smallest absolute Gasteiger partial charge is 0.229 e. The third-order valence-corrected chi connectivity index (χ3v) is 2.89. The lowest BCUT2D eigenvalue weighted by Gasteiger charge is -2.34. The minimum absolute atomic E-state index is 0.353. The number of halogens is 2. The van der Waals surface area contributed by atoms with Crippen LogP contribution >= 0.6 is 11.6 Å². The Kier molecular flexibility index (Phi) is 4.12. The number of hydrogen-bond donors (Lipinski definition) is 1. The minimum atomic E-state index is -1.43. The fourth-order valence-corrected chi connectivity index (χ4v) is 1.80. The van der Waals surface area contributed by atoms with Gasteiger partial charge in [0.15, 0.2) is 5.50 Å². The summed E-state index contributed by atoms with van der Waals surface area (Å²) in [5.74, 6) is 0. The van der Waals surface area contributed by atoms with E-state index in [4.69, 9.17) is 16.3 Å². The maximum Gasteiger partial charge on any atom is 0.229 e. The Labute approximate surface area is 99.1 Å². The first-order chi connectivity index (χ1) is 7.77. The van der Waals surface area contributed by atoms with Crippen LogP contribution in [0.3, 0.4) is 0 Å². The number of nitrogens with one attached hydrogen (secondary N) is 1. The molecule has 0 spiro atoms. The molecule has 88 valence electrons. The van der Waals surface area contributed by atoms with E-state index in [-0.39, 0.29) is 0 Å². The Morgan fingerprint density at radius 1 is 1.44 bits per heavy atom. The maximum absolute atomic E-state index is 13.1. The van der Waals surface area contributed by atoms with Crippen molar-refractivity contribution in [2.24, 2.45) is 0 Å². The average molecular weight is 245 g/mol. The highest BCUT2D eigenvalue weighted by atomic mass is 35.5. The molecule has 16 heavy (non-hydrogen) atoms. The molecule has 0 saturated carbocycles. The molecule has 1 aromatic rings. The van der Waals surface area contributed by atoms with Crippen LogP contribution in [0.4, 0.5) is 4.39 Å². The number of ether oxygens (including phenoxy) is 1. The second-order valence-corrected chi connectivity index (χ2v) is 4.06. The Balaban J connectivity index is 1.85. The largest absolute Gasteiger partial charge is 0.345 e. The van der Waals surface area contributed by atoms with Crippen LogP contribution in [0, 0.1) is 0 Å². The van der Waals surface area contributed by atoms with Crippen LogP contribution in [0.25, 0.3) is 0 Å². The van der Waals surface area contributed by atoms with Crippen LogP contribution in [0.1, 0.15) is 5.56 Å². The van der Waals surface area contributed by atoms with Gasteiger partial charge in [-0.1, -0.05) is 41.9 Å².